The van der Waals surface area contributed by atoms with Gasteiger partial charge in [0.1, 0.15) is 0 Å². The normalized spacial score (nSPS) is 16.3. The molecule has 0 radical (unpaired) electrons. The van der Waals surface area contributed by atoms with Crippen LogP contribution in [0.2, 0.25) is 0 Å². The van der Waals surface area contributed by atoms with Crippen LogP contribution < -0.4 is 10.6 Å². The first-order valence-electron chi connectivity index (χ1n) is 6.89. The predicted octanol–water partition coefficient (Wildman–Crippen LogP) is 1.38. The fraction of sp³-hybridized carbons (Fsp3) is 0.333. The van der Waals surface area contributed by atoms with Crippen molar-refractivity contribution in [2.45, 2.75) is 6.54 Å². The molecule has 0 unspecified atom stereocenters. The van der Waals surface area contributed by atoms with Crippen LogP contribution in [0.15, 0.2) is 42.9 Å². The number of piperazine rings is 1. The van der Waals surface area contributed by atoms with E-state index in [9.17, 15) is 0 Å². The summed E-state index contributed by atoms with van der Waals surface area (Å²) in [7, 11) is 0. The van der Waals surface area contributed by atoms with Crippen LogP contribution in [0.25, 0.3) is 0 Å². The first kappa shape index (κ1) is 12.9. The molecule has 104 valence electrons. The smallest absolute Gasteiger partial charge is 0.151 e. The summed E-state index contributed by atoms with van der Waals surface area (Å²) in [5, 5.41) is 0. The van der Waals surface area contributed by atoms with Gasteiger partial charge >= 0.3 is 0 Å². The molecule has 2 N–H and O–H groups in total. The van der Waals surface area contributed by atoms with Crippen LogP contribution in [0.5, 0.6) is 0 Å². The highest BCUT2D eigenvalue weighted by Crippen LogP contribution is 2.20. The number of nitrogen functional groups attached to an aromatic ring is 1. The van der Waals surface area contributed by atoms with E-state index in [4.69, 9.17) is 5.73 Å². The van der Waals surface area contributed by atoms with Gasteiger partial charge in [-0.25, -0.2) is 4.98 Å². The highest BCUT2D eigenvalue weighted by molar-refractivity contribution is 5.62. The second kappa shape index (κ2) is 5.88. The van der Waals surface area contributed by atoms with Gasteiger partial charge in [-0.1, -0.05) is 0 Å². The van der Waals surface area contributed by atoms with Crippen molar-refractivity contribution >= 4 is 11.5 Å². The van der Waals surface area contributed by atoms with Gasteiger partial charge in [0.25, 0.3) is 0 Å². The molecule has 5 nitrogen and oxygen atoms in total. The number of nitrogens with two attached hydrogens (primary N) is 1. The number of aromatic nitrogens is 2. The third-order valence-corrected chi connectivity index (χ3v) is 3.64. The lowest BCUT2D eigenvalue weighted by molar-refractivity contribution is 0.249. The molecule has 0 amide bonds. The van der Waals surface area contributed by atoms with Gasteiger partial charge in [0.05, 0.1) is 5.69 Å². The zero-order valence-corrected chi connectivity index (χ0v) is 11.4. The van der Waals surface area contributed by atoms with Gasteiger partial charge in [-0.3, -0.25) is 9.88 Å². The Morgan fingerprint density at radius 3 is 2.45 bits per heavy atom. The first-order valence-corrected chi connectivity index (χ1v) is 6.89. The largest absolute Gasteiger partial charge is 0.396 e. The molecular weight excluding hydrogens is 250 g/mol. The van der Waals surface area contributed by atoms with Crippen molar-refractivity contribution in [1.82, 2.24) is 14.9 Å². The summed E-state index contributed by atoms with van der Waals surface area (Å²) in [6, 6.07) is 7.93. The lowest BCUT2D eigenvalue weighted by atomic mass is 10.2. The highest BCUT2D eigenvalue weighted by atomic mass is 15.3. The van der Waals surface area contributed by atoms with Crippen LogP contribution in [0, 0.1) is 0 Å². The van der Waals surface area contributed by atoms with Crippen molar-refractivity contribution in [2.75, 3.05) is 36.8 Å². The minimum Gasteiger partial charge on any atom is -0.396 e. The van der Waals surface area contributed by atoms with Crippen LogP contribution in [0.4, 0.5) is 11.5 Å². The highest BCUT2D eigenvalue weighted by Gasteiger charge is 2.19. The van der Waals surface area contributed by atoms with Gasteiger partial charge in [-0.15, -0.1) is 0 Å². The fourth-order valence-electron chi connectivity index (χ4n) is 2.54. The zero-order valence-electron chi connectivity index (χ0n) is 11.4. The third-order valence-electron chi connectivity index (χ3n) is 3.64. The summed E-state index contributed by atoms with van der Waals surface area (Å²) >= 11 is 0. The van der Waals surface area contributed by atoms with Gasteiger partial charge in [0.2, 0.25) is 0 Å². The van der Waals surface area contributed by atoms with Gasteiger partial charge in [0.15, 0.2) is 5.82 Å². The van der Waals surface area contributed by atoms with E-state index in [1.807, 2.05) is 24.5 Å². The van der Waals surface area contributed by atoms with Crippen molar-refractivity contribution in [1.29, 1.82) is 0 Å². The van der Waals surface area contributed by atoms with E-state index in [-0.39, 0.29) is 0 Å². The van der Waals surface area contributed by atoms with E-state index in [0.29, 0.717) is 0 Å². The van der Waals surface area contributed by atoms with Gasteiger partial charge in [-0.05, 0) is 29.8 Å². The maximum atomic E-state index is 5.98. The van der Waals surface area contributed by atoms with Gasteiger partial charge in [0, 0.05) is 51.3 Å². The fourth-order valence-corrected chi connectivity index (χ4v) is 2.54. The molecule has 1 aliphatic rings. The number of anilines is 2. The number of pyridine rings is 2. The van der Waals surface area contributed by atoms with Gasteiger partial charge in [-0.2, -0.15) is 0 Å². The second-order valence-corrected chi connectivity index (χ2v) is 5.03. The maximum absolute atomic E-state index is 5.98. The van der Waals surface area contributed by atoms with Crippen molar-refractivity contribution in [3.63, 3.8) is 0 Å². The molecule has 5 heteroatoms. The Hall–Kier alpha value is -2.14. The maximum Gasteiger partial charge on any atom is 0.151 e. The van der Waals surface area contributed by atoms with E-state index in [2.05, 4.69) is 31.9 Å². The summed E-state index contributed by atoms with van der Waals surface area (Å²) in [6.45, 7) is 4.96. The summed E-state index contributed by atoms with van der Waals surface area (Å²) in [5.41, 5.74) is 8.06. The number of rotatable bonds is 3. The minimum absolute atomic E-state index is 0.759. The Bertz CT molecular complexity index is 549. The molecule has 1 saturated heterocycles. The Labute approximate surface area is 119 Å². The Kier molecular flexibility index (Phi) is 3.78. The average Bonchev–Trinajstić information content (AvgIpc) is 2.50. The molecule has 3 rings (SSSR count). The molecule has 0 atom stereocenters. The van der Waals surface area contributed by atoms with E-state index in [1.165, 1.54) is 5.56 Å². The summed E-state index contributed by atoms with van der Waals surface area (Å²) in [4.78, 5) is 13.1. The summed E-state index contributed by atoms with van der Waals surface area (Å²) < 4.78 is 0. The Morgan fingerprint density at radius 2 is 1.75 bits per heavy atom. The van der Waals surface area contributed by atoms with Crippen LogP contribution in [-0.2, 0) is 6.54 Å². The quantitative estimate of drug-likeness (QED) is 0.912. The lowest BCUT2D eigenvalue weighted by Crippen LogP contribution is -2.46. The van der Waals surface area contributed by atoms with E-state index in [0.717, 1.165) is 44.2 Å². The zero-order chi connectivity index (χ0) is 13.8. The molecule has 0 aromatic carbocycles. The van der Waals surface area contributed by atoms with Crippen molar-refractivity contribution in [2.24, 2.45) is 0 Å². The lowest BCUT2D eigenvalue weighted by Gasteiger charge is -2.35. The molecule has 20 heavy (non-hydrogen) atoms. The predicted molar refractivity (Wildman–Crippen MR) is 80.4 cm³/mol. The molecule has 3 heterocycles. The first-order chi connectivity index (χ1) is 9.83. The minimum atomic E-state index is 0.759. The average molecular weight is 269 g/mol. The summed E-state index contributed by atoms with van der Waals surface area (Å²) in [6.07, 6.45) is 5.50. The SMILES string of the molecule is Nc1cccnc1N1CCN(Cc2ccncc2)CC1. The van der Waals surface area contributed by atoms with Crippen LogP contribution in [0.1, 0.15) is 5.56 Å². The van der Waals surface area contributed by atoms with E-state index < -0.39 is 0 Å². The number of hydrogen-bond donors (Lipinski definition) is 1. The van der Waals surface area contributed by atoms with Crippen LogP contribution in [-0.4, -0.2) is 41.0 Å². The monoisotopic (exact) mass is 269 g/mol. The Morgan fingerprint density at radius 1 is 1.00 bits per heavy atom. The van der Waals surface area contributed by atoms with E-state index >= 15 is 0 Å². The Balaban J connectivity index is 1.59. The molecule has 0 saturated carbocycles. The van der Waals surface area contributed by atoms with Crippen molar-refractivity contribution in [3.8, 4) is 0 Å². The molecule has 0 aliphatic carbocycles. The van der Waals surface area contributed by atoms with Crippen LogP contribution in [0.3, 0.4) is 0 Å². The topological polar surface area (TPSA) is 58.3 Å². The molecule has 0 bridgehead atoms. The van der Waals surface area contributed by atoms with Crippen molar-refractivity contribution in [3.05, 3.63) is 48.4 Å². The summed E-state index contributed by atoms with van der Waals surface area (Å²) in [5.74, 6) is 0.913. The number of nitrogens with zero attached hydrogens (tertiary/aromatic N) is 4. The van der Waals surface area contributed by atoms with Crippen molar-refractivity contribution < 1.29 is 0 Å². The molecule has 1 fully saturated rings. The molecular formula is C15H19N5. The second-order valence-electron chi connectivity index (χ2n) is 5.03. The molecule has 1 aliphatic heterocycles. The standard InChI is InChI=1S/C15H19N5/c16-14-2-1-5-18-15(14)20-10-8-19(9-11-20)12-13-3-6-17-7-4-13/h1-7H,8-12,16H2. The van der Waals surface area contributed by atoms with Gasteiger partial charge < -0.3 is 10.6 Å². The molecule has 0 spiro atoms. The van der Waals surface area contributed by atoms with E-state index in [1.54, 1.807) is 6.20 Å². The third kappa shape index (κ3) is 2.88. The molecule has 2 aromatic heterocycles. The molecule has 2 aromatic rings. The van der Waals surface area contributed by atoms with Crippen LogP contribution >= 0.6 is 0 Å². The number of hydrogen-bond acceptors (Lipinski definition) is 5.